The van der Waals surface area contributed by atoms with E-state index < -0.39 is 7.60 Å². The van der Waals surface area contributed by atoms with E-state index in [0.29, 0.717) is 6.42 Å². The Hall–Kier alpha value is 1.07. The zero-order chi connectivity index (χ0) is 7.33. The Kier molecular flexibility index (Phi) is 9.23. The van der Waals surface area contributed by atoms with E-state index in [1.807, 2.05) is 6.92 Å². The molecule has 0 aromatic heterocycles. The van der Waals surface area contributed by atoms with Gasteiger partial charge in [-0.2, -0.15) is 0 Å². The molecule has 0 spiro atoms. The minimum Gasteiger partial charge on any atom is -0.779 e. The molecule has 0 N–H and O–H groups in total. The molecule has 0 aliphatic heterocycles. The first-order valence-corrected chi connectivity index (χ1v) is 4.71. The fraction of sp³-hybridized carbons (Fsp3) is 1.00. The second-order valence-electron chi connectivity index (χ2n) is 1.87. The molecule has 5 heteroatoms. The van der Waals surface area contributed by atoms with Gasteiger partial charge in [-0.3, -0.25) is 0 Å². The Morgan fingerprint density at radius 3 is 2.40 bits per heavy atom. The average Bonchev–Trinajstić information content (AvgIpc) is 1.84. The smallest absolute Gasteiger partial charge is 0.779 e. The van der Waals surface area contributed by atoms with Gasteiger partial charge in [0.2, 0.25) is 0 Å². The van der Waals surface area contributed by atoms with E-state index in [1.54, 1.807) is 0 Å². The summed E-state index contributed by atoms with van der Waals surface area (Å²) in [6.07, 6.45) is 1.74. The SMILES string of the molecule is CCCCP(=O)([O-])OC.[Cd+2]. The van der Waals surface area contributed by atoms with Crippen molar-refractivity contribution in [1.29, 1.82) is 0 Å². The molecule has 3 nitrogen and oxygen atoms in total. The van der Waals surface area contributed by atoms with E-state index in [-0.39, 0.29) is 33.5 Å². The van der Waals surface area contributed by atoms with Crippen LogP contribution in [0, 0.1) is 0 Å². The summed E-state index contributed by atoms with van der Waals surface area (Å²) in [4.78, 5) is 10.6. The molecule has 0 saturated heterocycles. The van der Waals surface area contributed by atoms with Crippen molar-refractivity contribution >= 4 is 7.60 Å². The van der Waals surface area contributed by atoms with Crippen LogP contribution in [-0.4, -0.2) is 13.3 Å². The van der Waals surface area contributed by atoms with Gasteiger partial charge in [-0.15, -0.1) is 0 Å². The van der Waals surface area contributed by atoms with Crippen LogP contribution >= 0.6 is 7.60 Å². The third kappa shape index (κ3) is 7.18. The van der Waals surface area contributed by atoms with Gasteiger partial charge in [0.15, 0.2) is 0 Å². The molecule has 10 heavy (non-hydrogen) atoms. The maximum absolute atomic E-state index is 10.6. The van der Waals surface area contributed by atoms with Crippen LogP contribution in [-0.2, 0) is 36.4 Å². The Balaban J connectivity index is 0. The summed E-state index contributed by atoms with van der Waals surface area (Å²) in [5.74, 6) is 0. The van der Waals surface area contributed by atoms with Gasteiger partial charge in [0.05, 0.1) is 0 Å². The predicted molar refractivity (Wildman–Crippen MR) is 34.4 cm³/mol. The van der Waals surface area contributed by atoms with Gasteiger partial charge in [-0.1, -0.05) is 13.3 Å². The molecule has 0 bridgehead atoms. The second-order valence-corrected chi connectivity index (χ2v) is 3.90. The first kappa shape index (κ1) is 13.6. The summed E-state index contributed by atoms with van der Waals surface area (Å²) in [5.41, 5.74) is 0. The van der Waals surface area contributed by atoms with Crippen molar-refractivity contribution in [3.8, 4) is 0 Å². The first-order chi connectivity index (χ1) is 4.12. The standard InChI is InChI=1S/C5H13O3P.Cd/c1-3-4-5-9(6,7)8-2;/h3-5H2,1-2H3,(H,6,7);/q;+2/p-1. The number of hydrogen-bond donors (Lipinski definition) is 0. The average molecular weight is 264 g/mol. The van der Waals surface area contributed by atoms with Crippen molar-refractivity contribution in [2.75, 3.05) is 13.3 Å². The third-order valence-electron chi connectivity index (χ3n) is 1.06. The molecule has 0 saturated carbocycles. The molecule has 0 aromatic rings. The van der Waals surface area contributed by atoms with E-state index in [4.69, 9.17) is 0 Å². The van der Waals surface area contributed by atoms with Gasteiger partial charge in [-0.05, 0) is 6.42 Å². The van der Waals surface area contributed by atoms with Crippen LogP contribution in [0.25, 0.3) is 0 Å². The van der Waals surface area contributed by atoms with Crippen molar-refractivity contribution in [3.63, 3.8) is 0 Å². The van der Waals surface area contributed by atoms with Crippen molar-refractivity contribution in [1.82, 2.24) is 0 Å². The van der Waals surface area contributed by atoms with E-state index in [0.717, 1.165) is 6.42 Å². The molecule has 0 aliphatic carbocycles. The molecule has 56 valence electrons. The van der Waals surface area contributed by atoms with Crippen molar-refractivity contribution in [2.24, 2.45) is 0 Å². The normalized spacial score (nSPS) is 15.5. The Bertz CT molecular complexity index is 117. The van der Waals surface area contributed by atoms with Crippen LogP contribution in [0.4, 0.5) is 0 Å². The van der Waals surface area contributed by atoms with Crippen LogP contribution in [0.1, 0.15) is 19.8 Å². The Labute approximate surface area is 81.9 Å². The molecule has 1 atom stereocenters. The molecule has 0 radical (unpaired) electrons. The van der Waals surface area contributed by atoms with Gasteiger partial charge in [0.25, 0.3) is 0 Å². The summed E-state index contributed by atoms with van der Waals surface area (Å²) in [6, 6.07) is 0. The molecule has 0 rings (SSSR count). The van der Waals surface area contributed by atoms with E-state index in [1.165, 1.54) is 7.11 Å². The maximum atomic E-state index is 10.6. The zero-order valence-electron chi connectivity index (χ0n) is 6.50. The van der Waals surface area contributed by atoms with Gasteiger partial charge in [-0.25, -0.2) is 0 Å². The summed E-state index contributed by atoms with van der Waals surface area (Å²) in [5, 5.41) is 0. The van der Waals surface area contributed by atoms with E-state index in [2.05, 4.69) is 4.52 Å². The maximum Gasteiger partial charge on any atom is 2.00 e. The molecule has 1 unspecified atom stereocenters. The Morgan fingerprint density at radius 2 is 2.10 bits per heavy atom. The predicted octanol–water partition coefficient (Wildman–Crippen LogP) is 0.984. The third-order valence-corrected chi connectivity index (χ3v) is 2.48. The quantitative estimate of drug-likeness (QED) is 0.561. The topological polar surface area (TPSA) is 49.4 Å². The van der Waals surface area contributed by atoms with Crippen LogP contribution < -0.4 is 4.89 Å². The van der Waals surface area contributed by atoms with Crippen molar-refractivity contribution in [3.05, 3.63) is 0 Å². The minimum atomic E-state index is -3.44. The van der Waals surface area contributed by atoms with Crippen LogP contribution in [0.15, 0.2) is 0 Å². The molecular weight excluding hydrogens is 251 g/mol. The molecule has 0 aliphatic rings. The molecule has 0 amide bonds. The number of rotatable bonds is 4. The van der Waals surface area contributed by atoms with Crippen molar-refractivity contribution < 1.29 is 41.3 Å². The van der Waals surface area contributed by atoms with E-state index in [9.17, 15) is 9.46 Å². The molecule has 0 heterocycles. The van der Waals surface area contributed by atoms with Crippen molar-refractivity contribution in [2.45, 2.75) is 19.8 Å². The van der Waals surface area contributed by atoms with Gasteiger partial charge >= 0.3 is 27.3 Å². The second kappa shape index (κ2) is 6.76. The van der Waals surface area contributed by atoms with Crippen LogP contribution in [0.5, 0.6) is 0 Å². The molecule has 0 aromatic carbocycles. The Morgan fingerprint density at radius 1 is 1.60 bits per heavy atom. The number of hydrogen-bond acceptors (Lipinski definition) is 3. The fourth-order valence-electron chi connectivity index (χ4n) is 0.443. The first-order valence-electron chi connectivity index (χ1n) is 2.98. The number of unbranched alkanes of at least 4 members (excludes halogenated alkanes) is 1. The zero-order valence-corrected chi connectivity index (χ0v) is 11.4. The van der Waals surface area contributed by atoms with Gasteiger partial charge in [0, 0.05) is 13.3 Å². The summed E-state index contributed by atoms with van der Waals surface area (Å²) in [7, 11) is -2.24. The van der Waals surface area contributed by atoms with Crippen LogP contribution in [0.2, 0.25) is 0 Å². The van der Waals surface area contributed by atoms with Gasteiger partial charge < -0.3 is 14.0 Å². The minimum absolute atomic E-state index is 0. The monoisotopic (exact) mass is 265 g/mol. The largest absolute Gasteiger partial charge is 2.00 e. The van der Waals surface area contributed by atoms with E-state index >= 15 is 0 Å². The molecule has 0 fully saturated rings. The summed E-state index contributed by atoms with van der Waals surface area (Å²) < 4.78 is 14.8. The van der Waals surface area contributed by atoms with Gasteiger partial charge in [0.1, 0.15) is 7.60 Å². The fourth-order valence-corrected chi connectivity index (χ4v) is 1.33. The summed E-state index contributed by atoms with van der Waals surface area (Å²) in [6.45, 7) is 1.94. The van der Waals surface area contributed by atoms with Crippen LogP contribution in [0.3, 0.4) is 0 Å². The summed E-state index contributed by atoms with van der Waals surface area (Å²) >= 11 is 0. The molecular formula is C5H12CdO3P+.